The van der Waals surface area contributed by atoms with Gasteiger partial charge in [-0.2, -0.15) is 0 Å². The summed E-state index contributed by atoms with van der Waals surface area (Å²) < 4.78 is 5.51. The zero-order chi connectivity index (χ0) is 23.5. The highest BCUT2D eigenvalue weighted by molar-refractivity contribution is 5.73. The van der Waals surface area contributed by atoms with Gasteiger partial charge in [-0.05, 0) is 85.1 Å². The fourth-order valence-electron chi connectivity index (χ4n) is 5.19. The lowest BCUT2D eigenvalue weighted by Gasteiger charge is -2.30. The van der Waals surface area contributed by atoms with Crippen molar-refractivity contribution in [1.29, 1.82) is 0 Å². The average molecular weight is 449 g/mol. The Morgan fingerprint density at radius 2 is 1.45 bits per heavy atom. The standard InChI is InChI=1S/C31H44O2/c1-4-6-7-8-9-10-31(32)33-30-21-19-29(20-22-30)28-17-15-27(16-18-28)26-13-11-25(12-14-26)23-24(3)5-2/h15-22,24-26H,4-14,23H2,1-3H3. The molecule has 0 saturated heterocycles. The number of esters is 1. The lowest BCUT2D eigenvalue weighted by molar-refractivity contribution is -0.134. The van der Waals surface area contributed by atoms with Gasteiger partial charge in [0.2, 0.25) is 0 Å². The molecule has 2 aromatic rings. The Hall–Kier alpha value is -2.09. The molecule has 0 heterocycles. The van der Waals surface area contributed by atoms with E-state index in [1.165, 1.54) is 68.9 Å². The number of benzene rings is 2. The number of carbonyl (C=O) groups is 1. The molecule has 1 atom stereocenters. The number of carbonyl (C=O) groups excluding carboxylic acids is 1. The number of hydrogen-bond acceptors (Lipinski definition) is 2. The molecule has 180 valence electrons. The normalized spacial score (nSPS) is 19.2. The van der Waals surface area contributed by atoms with Gasteiger partial charge in [0.15, 0.2) is 0 Å². The van der Waals surface area contributed by atoms with Crippen molar-refractivity contribution in [2.24, 2.45) is 11.8 Å². The SMILES string of the molecule is CCCCCCCC(=O)Oc1ccc(-c2ccc(C3CCC(CC(C)CC)CC3)cc2)cc1. The maximum Gasteiger partial charge on any atom is 0.311 e. The van der Waals surface area contributed by atoms with Crippen LogP contribution in [0.3, 0.4) is 0 Å². The minimum absolute atomic E-state index is 0.123. The predicted molar refractivity (Wildman–Crippen MR) is 140 cm³/mol. The summed E-state index contributed by atoms with van der Waals surface area (Å²) >= 11 is 0. The van der Waals surface area contributed by atoms with Gasteiger partial charge < -0.3 is 4.74 Å². The lowest BCUT2D eigenvalue weighted by Crippen LogP contribution is -2.15. The van der Waals surface area contributed by atoms with Crippen LogP contribution in [0.4, 0.5) is 0 Å². The van der Waals surface area contributed by atoms with E-state index in [1.54, 1.807) is 0 Å². The summed E-state index contributed by atoms with van der Waals surface area (Å²) in [6.45, 7) is 6.91. The maximum atomic E-state index is 12.1. The van der Waals surface area contributed by atoms with Gasteiger partial charge in [-0.15, -0.1) is 0 Å². The molecule has 2 nitrogen and oxygen atoms in total. The third-order valence-electron chi connectivity index (χ3n) is 7.57. The van der Waals surface area contributed by atoms with Gasteiger partial charge in [-0.1, -0.05) is 89.3 Å². The van der Waals surface area contributed by atoms with E-state index in [9.17, 15) is 4.79 Å². The van der Waals surface area contributed by atoms with Gasteiger partial charge in [-0.25, -0.2) is 0 Å². The molecular formula is C31H44O2. The van der Waals surface area contributed by atoms with Crippen LogP contribution in [0.1, 0.15) is 109 Å². The van der Waals surface area contributed by atoms with E-state index in [-0.39, 0.29) is 5.97 Å². The zero-order valence-corrected chi connectivity index (χ0v) is 21.2. The third-order valence-corrected chi connectivity index (χ3v) is 7.57. The summed E-state index contributed by atoms with van der Waals surface area (Å²) in [5.41, 5.74) is 3.88. The van der Waals surface area contributed by atoms with Crippen LogP contribution < -0.4 is 4.74 Å². The summed E-state index contributed by atoms with van der Waals surface area (Å²) in [6.07, 6.45) is 14.4. The van der Waals surface area contributed by atoms with E-state index in [1.807, 2.05) is 12.1 Å². The van der Waals surface area contributed by atoms with Crippen LogP contribution in [0.5, 0.6) is 5.75 Å². The average Bonchev–Trinajstić information content (AvgIpc) is 2.85. The van der Waals surface area contributed by atoms with Crippen molar-refractivity contribution in [3.63, 3.8) is 0 Å². The second-order valence-corrected chi connectivity index (χ2v) is 10.3. The minimum atomic E-state index is -0.123. The fourth-order valence-corrected chi connectivity index (χ4v) is 5.19. The molecule has 1 saturated carbocycles. The number of unbranched alkanes of at least 4 members (excludes halogenated alkanes) is 4. The van der Waals surface area contributed by atoms with E-state index in [0.29, 0.717) is 12.2 Å². The molecule has 2 heteroatoms. The summed E-state index contributed by atoms with van der Waals surface area (Å²) in [4.78, 5) is 12.1. The van der Waals surface area contributed by atoms with Crippen molar-refractivity contribution in [2.45, 2.75) is 104 Å². The first-order chi connectivity index (χ1) is 16.1. The van der Waals surface area contributed by atoms with Gasteiger partial charge in [0.25, 0.3) is 0 Å². The van der Waals surface area contributed by atoms with Crippen molar-refractivity contribution < 1.29 is 9.53 Å². The Bertz CT molecular complexity index is 813. The van der Waals surface area contributed by atoms with Gasteiger partial charge in [0, 0.05) is 6.42 Å². The molecule has 2 aromatic carbocycles. The Labute approximate surface area is 202 Å². The number of ether oxygens (including phenoxy) is 1. The number of hydrogen-bond donors (Lipinski definition) is 0. The van der Waals surface area contributed by atoms with Crippen molar-refractivity contribution >= 4 is 5.97 Å². The molecule has 3 rings (SSSR count). The van der Waals surface area contributed by atoms with Crippen LogP contribution in [-0.2, 0) is 4.79 Å². The van der Waals surface area contributed by atoms with Crippen molar-refractivity contribution in [2.75, 3.05) is 0 Å². The topological polar surface area (TPSA) is 26.3 Å². The Morgan fingerprint density at radius 1 is 0.848 bits per heavy atom. The second-order valence-electron chi connectivity index (χ2n) is 10.3. The van der Waals surface area contributed by atoms with Crippen LogP contribution in [0.25, 0.3) is 11.1 Å². The van der Waals surface area contributed by atoms with E-state index < -0.39 is 0 Å². The van der Waals surface area contributed by atoms with E-state index in [0.717, 1.165) is 36.2 Å². The Balaban J connectivity index is 1.46. The molecule has 1 aliphatic carbocycles. The lowest BCUT2D eigenvalue weighted by atomic mass is 9.75. The zero-order valence-electron chi connectivity index (χ0n) is 21.2. The molecular weight excluding hydrogens is 404 g/mol. The first kappa shape index (κ1) is 25.5. The summed E-state index contributed by atoms with van der Waals surface area (Å²) in [5.74, 6) is 3.04. The predicted octanol–water partition coefficient (Wildman–Crippen LogP) is 9.33. The molecule has 0 amide bonds. The highest BCUT2D eigenvalue weighted by Gasteiger charge is 2.23. The molecule has 0 aromatic heterocycles. The molecule has 1 fully saturated rings. The molecule has 0 N–H and O–H groups in total. The molecule has 0 bridgehead atoms. The highest BCUT2D eigenvalue weighted by Crippen LogP contribution is 2.39. The summed E-state index contributed by atoms with van der Waals surface area (Å²) in [7, 11) is 0. The van der Waals surface area contributed by atoms with E-state index in [4.69, 9.17) is 4.74 Å². The molecule has 33 heavy (non-hydrogen) atoms. The second kappa shape index (κ2) is 13.6. The van der Waals surface area contributed by atoms with Gasteiger partial charge in [0.1, 0.15) is 5.75 Å². The van der Waals surface area contributed by atoms with E-state index in [2.05, 4.69) is 57.2 Å². The molecule has 1 unspecified atom stereocenters. The van der Waals surface area contributed by atoms with Crippen molar-refractivity contribution in [3.05, 3.63) is 54.1 Å². The van der Waals surface area contributed by atoms with Crippen molar-refractivity contribution in [1.82, 2.24) is 0 Å². The van der Waals surface area contributed by atoms with Gasteiger partial charge in [-0.3, -0.25) is 4.79 Å². The van der Waals surface area contributed by atoms with Crippen LogP contribution in [0.15, 0.2) is 48.5 Å². The van der Waals surface area contributed by atoms with Crippen LogP contribution in [0, 0.1) is 11.8 Å². The molecule has 0 spiro atoms. The van der Waals surface area contributed by atoms with Crippen LogP contribution in [0.2, 0.25) is 0 Å². The Kier molecular flexibility index (Phi) is 10.5. The smallest absolute Gasteiger partial charge is 0.311 e. The largest absolute Gasteiger partial charge is 0.427 e. The quantitative estimate of drug-likeness (QED) is 0.184. The summed E-state index contributed by atoms with van der Waals surface area (Å²) in [6, 6.07) is 17.1. The first-order valence-electron chi connectivity index (χ1n) is 13.5. The first-order valence-corrected chi connectivity index (χ1v) is 13.5. The van der Waals surface area contributed by atoms with Crippen molar-refractivity contribution in [3.8, 4) is 16.9 Å². The maximum absolute atomic E-state index is 12.1. The molecule has 1 aliphatic rings. The highest BCUT2D eigenvalue weighted by atomic mass is 16.5. The van der Waals surface area contributed by atoms with E-state index >= 15 is 0 Å². The fraction of sp³-hybridized carbons (Fsp3) is 0.581. The molecule has 0 aliphatic heterocycles. The van der Waals surface area contributed by atoms with Crippen LogP contribution >= 0.6 is 0 Å². The number of rotatable bonds is 12. The monoisotopic (exact) mass is 448 g/mol. The third kappa shape index (κ3) is 8.32. The summed E-state index contributed by atoms with van der Waals surface area (Å²) in [5, 5.41) is 0. The Morgan fingerprint density at radius 3 is 2.06 bits per heavy atom. The van der Waals surface area contributed by atoms with Gasteiger partial charge >= 0.3 is 5.97 Å². The minimum Gasteiger partial charge on any atom is -0.427 e. The van der Waals surface area contributed by atoms with Crippen LogP contribution in [-0.4, -0.2) is 5.97 Å². The molecule has 0 radical (unpaired) electrons. The van der Waals surface area contributed by atoms with Gasteiger partial charge in [0.05, 0.1) is 0 Å².